The average Bonchev–Trinajstić information content (AvgIpc) is 2.44. The Labute approximate surface area is 169 Å². The lowest BCUT2D eigenvalue weighted by Gasteiger charge is -2.08. The summed E-state index contributed by atoms with van der Waals surface area (Å²) in [7, 11) is -8.84. The lowest BCUT2D eigenvalue weighted by atomic mass is 10.2. The molecule has 0 aliphatic carbocycles. The van der Waals surface area contributed by atoms with Gasteiger partial charge < -0.3 is 0 Å². The molecule has 0 heterocycles. The maximum Gasteiger partial charge on any atom is 0.297 e. The highest BCUT2D eigenvalue weighted by molar-refractivity contribution is 7.87. The summed E-state index contributed by atoms with van der Waals surface area (Å²) < 4.78 is 76.2. The molecule has 0 unspecified atom stereocenters. The number of aryl methyl sites for hydroxylation is 1. The minimum absolute atomic E-state index is 0.205. The van der Waals surface area contributed by atoms with Gasteiger partial charge in [-0.25, -0.2) is 0 Å². The van der Waals surface area contributed by atoms with Crippen molar-refractivity contribution >= 4 is 30.4 Å². The fraction of sp³-hybridized carbons (Fsp3) is 0.625. The highest BCUT2D eigenvalue weighted by Gasteiger charge is 2.16. The van der Waals surface area contributed by atoms with E-state index in [2.05, 4.69) is 8.37 Å². The third-order valence-corrected chi connectivity index (χ3v) is 5.13. The lowest BCUT2D eigenvalue weighted by molar-refractivity contribution is 0.248. The van der Waals surface area contributed by atoms with E-state index in [9.17, 15) is 25.3 Å². The molecule has 0 spiro atoms. The molecule has 0 atom stereocenters. The zero-order valence-corrected chi connectivity index (χ0v) is 19.8. The number of rotatable bonds is 6. The normalized spacial score (nSPS) is 12.1. The Hall–Kier alpha value is -1.05. The molecule has 12 heteroatoms. The van der Waals surface area contributed by atoms with E-state index in [0.29, 0.717) is 0 Å². The highest BCUT2D eigenvalue weighted by Crippen LogP contribution is 2.14. The summed E-state index contributed by atoms with van der Waals surface area (Å²) in [5, 5.41) is 0. The molecule has 28 heavy (non-hydrogen) atoms. The summed E-state index contributed by atoms with van der Waals surface area (Å²) in [5.41, 5.74) is 1.02. The molecule has 9 nitrogen and oxygen atoms in total. The van der Waals surface area contributed by atoms with Crippen LogP contribution in [0.3, 0.4) is 0 Å². The molecule has 0 N–H and O–H groups in total. The van der Waals surface area contributed by atoms with Gasteiger partial charge >= 0.3 is 0 Å². The maximum atomic E-state index is 11.5. The third-order valence-electron chi connectivity index (χ3n) is 2.30. The number of hydrogen-bond donors (Lipinski definition) is 0. The van der Waals surface area contributed by atoms with Crippen molar-refractivity contribution in [3.8, 4) is 0 Å². The van der Waals surface area contributed by atoms with Crippen LogP contribution in [0.1, 0.15) is 33.3 Å². The summed E-state index contributed by atoms with van der Waals surface area (Å²) in [4.78, 5) is 0.205. The zero-order chi connectivity index (χ0) is 22.8. The Morgan fingerprint density at radius 1 is 0.714 bits per heavy atom. The summed E-state index contributed by atoms with van der Waals surface area (Å²) >= 11 is 0. The van der Waals surface area contributed by atoms with Crippen LogP contribution in [0.15, 0.2) is 29.2 Å². The second-order valence-electron chi connectivity index (χ2n) is 6.13. The van der Waals surface area contributed by atoms with E-state index in [1.165, 1.54) is 0 Å². The first-order valence-electron chi connectivity index (χ1n) is 8.03. The van der Waals surface area contributed by atoms with Crippen molar-refractivity contribution in [1.82, 2.24) is 0 Å². The summed E-state index contributed by atoms with van der Waals surface area (Å²) in [6.07, 6.45) is 1.45. The van der Waals surface area contributed by atoms with Crippen LogP contribution in [0, 0.1) is 6.92 Å². The fourth-order valence-corrected chi connectivity index (χ4v) is 3.15. The molecule has 0 saturated carbocycles. The number of benzene rings is 1. The molecule has 0 bridgehead atoms. The predicted octanol–water partition coefficient (Wildman–Crippen LogP) is 2.07. The van der Waals surface area contributed by atoms with Crippen LogP contribution in [-0.2, 0) is 42.9 Å². The molecular weight excluding hydrogens is 432 g/mol. The molecule has 1 aromatic carbocycles. The summed E-state index contributed by atoms with van der Waals surface area (Å²) in [5.74, 6) is 0. The average molecular weight is 463 g/mol. The van der Waals surface area contributed by atoms with E-state index >= 15 is 0 Å². The zero-order valence-electron chi connectivity index (χ0n) is 17.4. The second kappa shape index (κ2) is 12.5. The van der Waals surface area contributed by atoms with E-state index in [-0.39, 0.29) is 17.1 Å². The van der Waals surface area contributed by atoms with Crippen molar-refractivity contribution in [2.45, 2.75) is 51.7 Å². The van der Waals surface area contributed by atoms with Crippen LogP contribution in [-0.4, -0.2) is 57.1 Å². The Morgan fingerprint density at radius 3 is 1.29 bits per heavy atom. The number of hydrogen-bond acceptors (Lipinski definition) is 9. The van der Waals surface area contributed by atoms with Crippen molar-refractivity contribution in [1.29, 1.82) is 0 Å². The van der Waals surface area contributed by atoms with E-state index < -0.39 is 30.4 Å². The van der Waals surface area contributed by atoms with Gasteiger partial charge in [-0.3, -0.25) is 12.5 Å². The van der Waals surface area contributed by atoms with Crippen molar-refractivity contribution in [2.75, 3.05) is 19.6 Å². The van der Waals surface area contributed by atoms with Crippen LogP contribution < -0.4 is 0 Å². The molecular formula is C16H30O9S3. The SMILES string of the molecule is CC(C)OS(C)(=O)=O.COS(C)(=O)=O.Cc1ccc(S(=O)(=O)OC(C)C)cc1. The van der Waals surface area contributed by atoms with Gasteiger partial charge in [-0.1, -0.05) is 17.7 Å². The monoisotopic (exact) mass is 462 g/mol. The van der Waals surface area contributed by atoms with E-state index in [1.807, 2.05) is 6.92 Å². The molecule has 166 valence electrons. The summed E-state index contributed by atoms with van der Waals surface area (Å²) in [6, 6.07) is 6.59. The Bertz CT molecular complexity index is 868. The molecule has 1 rings (SSSR count). The highest BCUT2D eigenvalue weighted by atomic mass is 32.2. The van der Waals surface area contributed by atoms with Gasteiger partial charge in [0.1, 0.15) is 0 Å². The van der Waals surface area contributed by atoms with Crippen LogP contribution in [0.25, 0.3) is 0 Å². The van der Waals surface area contributed by atoms with Crippen molar-refractivity contribution in [3.05, 3.63) is 29.8 Å². The Morgan fingerprint density at radius 2 is 1.07 bits per heavy atom. The first-order chi connectivity index (χ1) is 12.4. The molecule has 1 aromatic rings. The minimum atomic E-state index is -3.58. The minimum Gasteiger partial charge on any atom is -0.274 e. The van der Waals surface area contributed by atoms with E-state index in [0.717, 1.165) is 25.2 Å². The van der Waals surface area contributed by atoms with Gasteiger partial charge in [-0.15, -0.1) is 0 Å². The van der Waals surface area contributed by atoms with Crippen molar-refractivity contribution in [2.24, 2.45) is 0 Å². The summed E-state index contributed by atoms with van der Waals surface area (Å²) in [6.45, 7) is 8.61. The first-order valence-corrected chi connectivity index (χ1v) is 13.1. The topological polar surface area (TPSA) is 130 Å². The predicted molar refractivity (Wildman–Crippen MR) is 108 cm³/mol. The Balaban J connectivity index is 0. The van der Waals surface area contributed by atoms with Gasteiger partial charge in [0.25, 0.3) is 30.4 Å². The van der Waals surface area contributed by atoms with Gasteiger partial charge in [0.15, 0.2) is 0 Å². The van der Waals surface area contributed by atoms with E-state index in [1.54, 1.807) is 52.0 Å². The fourth-order valence-electron chi connectivity index (χ4n) is 1.36. The molecule has 0 amide bonds. The first kappa shape index (κ1) is 29.2. The Kier molecular flexibility index (Phi) is 13.0. The molecule has 0 aliphatic rings. The largest absolute Gasteiger partial charge is 0.297 e. The van der Waals surface area contributed by atoms with Crippen LogP contribution in [0.5, 0.6) is 0 Å². The molecule has 0 fully saturated rings. The standard InChI is InChI=1S/C10H14O3S.C4H10O3S.C2H6O3S/c1-8(2)13-14(11,12)10-6-4-9(3)5-7-10;1-4(2)7-8(3,5)6;1-5-6(2,3)4/h4-8H,1-3H3;4H,1-3H3;1-2H3. The van der Waals surface area contributed by atoms with Crippen LogP contribution in [0.4, 0.5) is 0 Å². The second-order valence-corrected chi connectivity index (χ2v) is 11.0. The van der Waals surface area contributed by atoms with Crippen molar-refractivity contribution < 1.29 is 37.8 Å². The molecule has 0 aromatic heterocycles. The van der Waals surface area contributed by atoms with Gasteiger partial charge in [0, 0.05) is 0 Å². The quantitative estimate of drug-likeness (QED) is 0.583. The van der Waals surface area contributed by atoms with Crippen molar-refractivity contribution in [3.63, 3.8) is 0 Å². The molecule has 0 radical (unpaired) electrons. The van der Waals surface area contributed by atoms with Crippen LogP contribution in [0.2, 0.25) is 0 Å². The van der Waals surface area contributed by atoms with Crippen LogP contribution >= 0.6 is 0 Å². The smallest absolute Gasteiger partial charge is 0.274 e. The molecule has 0 aliphatic heterocycles. The van der Waals surface area contributed by atoms with E-state index in [4.69, 9.17) is 4.18 Å². The van der Waals surface area contributed by atoms with Gasteiger partial charge in [0.2, 0.25) is 0 Å². The van der Waals surface area contributed by atoms with Gasteiger partial charge in [0.05, 0.1) is 36.7 Å². The molecule has 0 saturated heterocycles. The lowest BCUT2D eigenvalue weighted by Crippen LogP contribution is -2.12. The third kappa shape index (κ3) is 18.3. The van der Waals surface area contributed by atoms with Gasteiger partial charge in [-0.2, -0.15) is 25.3 Å². The van der Waals surface area contributed by atoms with Gasteiger partial charge in [-0.05, 0) is 46.8 Å². The maximum absolute atomic E-state index is 11.5.